The molecule has 0 amide bonds. The third-order valence-corrected chi connectivity index (χ3v) is 4.38. The molecule has 0 saturated carbocycles. The van der Waals surface area contributed by atoms with Gasteiger partial charge in [0.2, 0.25) is 0 Å². The Kier molecular flexibility index (Phi) is 3.71. The molecule has 1 nitrogen and oxygen atoms in total. The average Bonchev–Trinajstić information content (AvgIpc) is 2.07. The monoisotopic (exact) mass is 182 g/mol. The highest BCUT2D eigenvalue weighted by Gasteiger charge is 2.12. The van der Waals surface area contributed by atoms with Crippen molar-refractivity contribution in [3.63, 3.8) is 0 Å². The van der Waals surface area contributed by atoms with Crippen molar-refractivity contribution in [1.82, 2.24) is 0 Å². The molecule has 2 heteroatoms. The summed E-state index contributed by atoms with van der Waals surface area (Å²) in [7, 11) is -0.357. The Labute approximate surface area is 75.2 Å². The number of hydrogen-bond acceptors (Lipinski definition) is 1. The molecule has 0 bridgehead atoms. The molecule has 0 aliphatic rings. The van der Waals surface area contributed by atoms with Crippen LogP contribution >= 0.6 is 7.92 Å². The summed E-state index contributed by atoms with van der Waals surface area (Å²) >= 11 is 0. The fourth-order valence-electron chi connectivity index (χ4n) is 1.16. The zero-order valence-corrected chi connectivity index (χ0v) is 8.46. The number of rotatable bonds is 3. The van der Waals surface area contributed by atoms with Gasteiger partial charge in [0.1, 0.15) is 0 Å². The molecule has 1 atom stereocenters. The first-order valence-corrected chi connectivity index (χ1v) is 5.78. The van der Waals surface area contributed by atoms with Gasteiger partial charge < -0.3 is 5.11 Å². The lowest BCUT2D eigenvalue weighted by Gasteiger charge is -2.18. The van der Waals surface area contributed by atoms with Gasteiger partial charge in [-0.3, -0.25) is 0 Å². The highest BCUT2D eigenvalue weighted by atomic mass is 31.1. The van der Waals surface area contributed by atoms with Gasteiger partial charge in [-0.2, -0.15) is 0 Å². The highest BCUT2D eigenvalue weighted by Crippen LogP contribution is 2.38. The van der Waals surface area contributed by atoms with Gasteiger partial charge in [-0.25, -0.2) is 0 Å². The summed E-state index contributed by atoms with van der Waals surface area (Å²) in [6.07, 6.45) is 0.303. The van der Waals surface area contributed by atoms with Gasteiger partial charge in [-0.05, 0) is 18.9 Å². The predicted octanol–water partition coefficient (Wildman–Crippen LogP) is 2.15. The molecule has 66 valence electrons. The minimum absolute atomic E-state index is 0.303. The van der Waals surface area contributed by atoms with Crippen LogP contribution in [-0.2, 0) is 0 Å². The van der Waals surface area contributed by atoms with Crippen LogP contribution in [0.4, 0.5) is 0 Å². The van der Waals surface area contributed by atoms with Crippen molar-refractivity contribution in [2.24, 2.45) is 0 Å². The van der Waals surface area contributed by atoms with Crippen LogP contribution < -0.4 is 5.30 Å². The first-order chi connectivity index (χ1) is 5.75. The number of hydrogen-bond donors (Lipinski definition) is 1. The van der Waals surface area contributed by atoms with Gasteiger partial charge in [0.05, 0.1) is 6.35 Å². The van der Waals surface area contributed by atoms with Crippen LogP contribution in [0.2, 0.25) is 0 Å². The topological polar surface area (TPSA) is 20.2 Å². The minimum atomic E-state index is -0.357. The summed E-state index contributed by atoms with van der Waals surface area (Å²) in [6, 6.07) is 10.3. The molecule has 0 aromatic heterocycles. The SMILES string of the molecule is CC(C)P(CO)c1ccccc1. The zero-order valence-electron chi connectivity index (χ0n) is 7.57. The van der Waals surface area contributed by atoms with Crippen molar-refractivity contribution < 1.29 is 5.11 Å². The second-order valence-corrected chi connectivity index (χ2v) is 5.81. The number of aliphatic hydroxyl groups is 1. The maximum absolute atomic E-state index is 9.18. The largest absolute Gasteiger partial charge is 0.392 e. The van der Waals surface area contributed by atoms with Crippen LogP contribution in [0.1, 0.15) is 13.8 Å². The number of benzene rings is 1. The summed E-state index contributed by atoms with van der Waals surface area (Å²) in [6.45, 7) is 4.32. The Hall–Kier alpha value is -0.390. The Morgan fingerprint density at radius 2 is 1.83 bits per heavy atom. The van der Waals surface area contributed by atoms with E-state index in [1.807, 2.05) is 18.2 Å². The first-order valence-electron chi connectivity index (χ1n) is 4.18. The van der Waals surface area contributed by atoms with E-state index in [4.69, 9.17) is 0 Å². The van der Waals surface area contributed by atoms with Crippen molar-refractivity contribution in [2.45, 2.75) is 19.5 Å². The van der Waals surface area contributed by atoms with Crippen LogP contribution in [-0.4, -0.2) is 17.1 Å². The Bertz CT molecular complexity index is 221. The molecule has 0 saturated heterocycles. The van der Waals surface area contributed by atoms with Crippen LogP contribution in [0, 0.1) is 0 Å². The third-order valence-electron chi connectivity index (χ3n) is 1.86. The van der Waals surface area contributed by atoms with Gasteiger partial charge in [0, 0.05) is 0 Å². The molecule has 1 aromatic carbocycles. The molecule has 12 heavy (non-hydrogen) atoms. The van der Waals surface area contributed by atoms with E-state index in [0.29, 0.717) is 12.0 Å². The van der Waals surface area contributed by atoms with Gasteiger partial charge in [0.25, 0.3) is 0 Å². The quantitative estimate of drug-likeness (QED) is 0.710. The summed E-state index contributed by atoms with van der Waals surface area (Å²) in [5.74, 6) is 0. The fraction of sp³-hybridized carbons (Fsp3) is 0.400. The van der Waals surface area contributed by atoms with E-state index >= 15 is 0 Å². The lowest BCUT2D eigenvalue weighted by molar-refractivity contribution is 0.370. The standard InChI is InChI=1S/C10H15OP/c1-9(2)12(8-11)10-6-4-3-5-7-10/h3-7,9,11H,8H2,1-2H3. The van der Waals surface area contributed by atoms with Gasteiger partial charge in [0.15, 0.2) is 0 Å². The molecule has 0 radical (unpaired) electrons. The lowest BCUT2D eigenvalue weighted by atomic mass is 10.4. The second kappa shape index (κ2) is 4.59. The molecule has 0 fully saturated rings. The molecule has 0 spiro atoms. The maximum atomic E-state index is 9.18. The van der Waals surface area contributed by atoms with E-state index in [-0.39, 0.29) is 7.92 Å². The lowest BCUT2D eigenvalue weighted by Crippen LogP contribution is -2.09. The van der Waals surface area contributed by atoms with Gasteiger partial charge in [-0.1, -0.05) is 44.2 Å². The molecule has 0 aliphatic carbocycles. The molecule has 0 aliphatic heterocycles. The minimum Gasteiger partial charge on any atom is -0.392 e. The van der Waals surface area contributed by atoms with Gasteiger partial charge in [-0.15, -0.1) is 0 Å². The summed E-state index contributed by atoms with van der Waals surface area (Å²) in [5.41, 5.74) is 0.562. The van der Waals surface area contributed by atoms with Crippen LogP contribution in [0.5, 0.6) is 0 Å². The van der Waals surface area contributed by atoms with E-state index < -0.39 is 0 Å². The van der Waals surface area contributed by atoms with Gasteiger partial charge >= 0.3 is 0 Å². The highest BCUT2D eigenvalue weighted by molar-refractivity contribution is 7.66. The molecule has 1 unspecified atom stereocenters. The van der Waals surface area contributed by atoms with Crippen molar-refractivity contribution in [2.75, 3.05) is 6.35 Å². The molecule has 1 N–H and O–H groups in total. The third kappa shape index (κ3) is 2.30. The predicted molar refractivity (Wildman–Crippen MR) is 55.2 cm³/mol. The number of aliphatic hydroxyl groups excluding tert-OH is 1. The fourth-order valence-corrected chi connectivity index (χ4v) is 2.80. The molecule has 1 rings (SSSR count). The Morgan fingerprint density at radius 1 is 1.25 bits per heavy atom. The van der Waals surface area contributed by atoms with Crippen LogP contribution in [0.15, 0.2) is 30.3 Å². The Balaban J connectivity index is 2.80. The first kappa shape index (κ1) is 9.70. The smallest absolute Gasteiger partial charge is 0.0668 e. The van der Waals surface area contributed by atoms with E-state index in [0.717, 1.165) is 0 Å². The summed E-state index contributed by atoms with van der Waals surface area (Å²) in [5, 5.41) is 10.5. The van der Waals surface area contributed by atoms with E-state index in [1.54, 1.807) is 0 Å². The van der Waals surface area contributed by atoms with Crippen molar-refractivity contribution >= 4 is 13.2 Å². The average molecular weight is 182 g/mol. The van der Waals surface area contributed by atoms with E-state index in [2.05, 4.69) is 26.0 Å². The van der Waals surface area contributed by atoms with Crippen molar-refractivity contribution in [3.05, 3.63) is 30.3 Å². The second-order valence-electron chi connectivity index (χ2n) is 3.04. The molecule has 0 heterocycles. The van der Waals surface area contributed by atoms with Crippen molar-refractivity contribution in [1.29, 1.82) is 0 Å². The normalized spacial score (nSPS) is 13.3. The van der Waals surface area contributed by atoms with Crippen LogP contribution in [0.25, 0.3) is 0 Å². The van der Waals surface area contributed by atoms with E-state index in [9.17, 15) is 5.11 Å². The molecule has 1 aromatic rings. The summed E-state index contributed by atoms with van der Waals surface area (Å²) < 4.78 is 0. The Morgan fingerprint density at radius 3 is 2.25 bits per heavy atom. The summed E-state index contributed by atoms with van der Waals surface area (Å²) in [4.78, 5) is 0. The maximum Gasteiger partial charge on any atom is 0.0668 e. The van der Waals surface area contributed by atoms with Crippen molar-refractivity contribution in [3.8, 4) is 0 Å². The van der Waals surface area contributed by atoms with E-state index in [1.165, 1.54) is 5.30 Å². The zero-order chi connectivity index (χ0) is 8.97. The van der Waals surface area contributed by atoms with Crippen LogP contribution in [0.3, 0.4) is 0 Å². The molecular formula is C10H15OP. The molecular weight excluding hydrogens is 167 g/mol.